The highest BCUT2D eigenvalue weighted by atomic mass is 32.2. The van der Waals surface area contributed by atoms with Gasteiger partial charge in [-0.1, -0.05) is 31.7 Å². The smallest absolute Gasteiger partial charge is 0.221 e. The molecule has 1 aromatic carbocycles. The average molecular weight is 422 g/mol. The number of hydrogen-bond acceptors (Lipinski definition) is 5. The molecule has 1 N–H and O–H groups in total. The van der Waals surface area contributed by atoms with Gasteiger partial charge in [0.05, 0.1) is 11.0 Å². The van der Waals surface area contributed by atoms with Crippen LogP contribution in [0.1, 0.15) is 63.4 Å². The highest BCUT2D eigenvalue weighted by Gasteiger charge is 2.37. The van der Waals surface area contributed by atoms with E-state index in [4.69, 9.17) is 9.47 Å². The molecule has 0 spiro atoms. The molecule has 4 rings (SSSR count). The molecule has 3 aliphatic rings. The van der Waals surface area contributed by atoms with E-state index in [1.165, 1.54) is 0 Å². The van der Waals surface area contributed by atoms with Crippen molar-refractivity contribution in [2.24, 2.45) is 0 Å². The predicted molar refractivity (Wildman–Crippen MR) is 111 cm³/mol. The summed E-state index contributed by atoms with van der Waals surface area (Å²) in [5.41, 5.74) is 1.05. The van der Waals surface area contributed by atoms with Crippen LogP contribution < -0.4 is 14.8 Å². The largest absolute Gasteiger partial charge is 0.486 e. The van der Waals surface area contributed by atoms with Gasteiger partial charge in [-0.25, -0.2) is 8.42 Å². The summed E-state index contributed by atoms with van der Waals surface area (Å²) in [4.78, 5) is 12.4. The summed E-state index contributed by atoms with van der Waals surface area (Å²) < 4.78 is 36.2. The van der Waals surface area contributed by atoms with Crippen LogP contribution in [0.2, 0.25) is 0 Å². The van der Waals surface area contributed by atoms with Gasteiger partial charge in [0.2, 0.25) is 5.91 Å². The number of ether oxygens (including phenoxy) is 2. The average Bonchev–Trinajstić information content (AvgIpc) is 3.44. The molecule has 160 valence electrons. The highest BCUT2D eigenvalue weighted by Crippen LogP contribution is 2.43. The first-order valence-electron chi connectivity index (χ1n) is 10.9. The number of carbonyl (C=O) groups is 1. The Morgan fingerprint density at radius 3 is 2.45 bits per heavy atom. The monoisotopic (exact) mass is 421 g/mol. The SMILES string of the molecule is O=C(CCS(=O)(=O)C1CCCC1)NCC1(c2ccc3c(c2)OCCO3)CCCC1. The van der Waals surface area contributed by atoms with Gasteiger partial charge in [0.15, 0.2) is 21.3 Å². The van der Waals surface area contributed by atoms with Crippen LogP contribution >= 0.6 is 0 Å². The molecule has 1 aromatic rings. The van der Waals surface area contributed by atoms with Gasteiger partial charge in [0, 0.05) is 18.4 Å². The molecule has 0 radical (unpaired) electrons. The molecular weight excluding hydrogens is 390 g/mol. The lowest BCUT2D eigenvalue weighted by Crippen LogP contribution is -2.39. The van der Waals surface area contributed by atoms with Crippen molar-refractivity contribution in [2.45, 2.75) is 68.5 Å². The minimum absolute atomic E-state index is 0.0411. The first-order valence-corrected chi connectivity index (χ1v) is 12.6. The maximum atomic E-state index is 12.4. The second kappa shape index (κ2) is 8.54. The van der Waals surface area contributed by atoms with Gasteiger partial charge < -0.3 is 14.8 Å². The summed E-state index contributed by atoms with van der Waals surface area (Å²) >= 11 is 0. The Morgan fingerprint density at radius 2 is 1.72 bits per heavy atom. The predicted octanol–water partition coefficient (Wildman–Crippen LogP) is 3.13. The number of rotatable bonds is 7. The van der Waals surface area contributed by atoms with Crippen molar-refractivity contribution < 1.29 is 22.7 Å². The summed E-state index contributed by atoms with van der Waals surface area (Å²) in [5, 5.41) is 2.79. The van der Waals surface area contributed by atoms with Gasteiger partial charge in [-0.2, -0.15) is 0 Å². The molecule has 2 saturated carbocycles. The van der Waals surface area contributed by atoms with E-state index in [1.54, 1.807) is 0 Å². The van der Waals surface area contributed by atoms with Crippen molar-refractivity contribution in [1.82, 2.24) is 5.32 Å². The van der Waals surface area contributed by atoms with E-state index in [1.807, 2.05) is 6.07 Å². The van der Waals surface area contributed by atoms with Crippen molar-refractivity contribution in [1.29, 1.82) is 0 Å². The Labute approximate surface area is 173 Å². The maximum Gasteiger partial charge on any atom is 0.221 e. The molecule has 2 aliphatic carbocycles. The first kappa shape index (κ1) is 20.5. The van der Waals surface area contributed by atoms with Crippen LogP contribution in [0.3, 0.4) is 0 Å². The van der Waals surface area contributed by atoms with Gasteiger partial charge >= 0.3 is 0 Å². The van der Waals surface area contributed by atoms with Gasteiger partial charge in [-0.05, 0) is 43.4 Å². The van der Waals surface area contributed by atoms with Crippen LogP contribution in [0.25, 0.3) is 0 Å². The number of benzene rings is 1. The molecule has 29 heavy (non-hydrogen) atoms. The molecular formula is C22H31NO5S. The lowest BCUT2D eigenvalue weighted by molar-refractivity contribution is -0.121. The summed E-state index contributed by atoms with van der Waals surface area (Å²) in [5.74, 6) is 1.33. The lowest BCUT2D eigenvalue weighted by atomic mass is 9.78. The Kier molecular flexibility index (Phi) is 6.04. The van der Waals surface area contributed by atoms with E-state index < -0.39 is 9.84 Å². The van der Waals surface area contributed by atoms with E-state index >= 15 is 0 Å². The Morgan fingerprint density at radius 1 is 1.03 bits per heavy atom. The van der Waals surface area contributed by atoms with Gasteiger partial charge in [0.25, 0.3) is 0 Å². The third-order valence-corrected chi connectivity index (χ3v) is 9.02. The molecule has 1 heterocycles. The van der Waals surface area contributed by atoms with Crippen LogP contribution in [0, 0.1) is 0 Å². The fourth-order valence-corrected chi connectivity index (χ4v) is 6.85. The van der Waals surface area contributed by atoms with Crippen molar-refractivity contribution in [3.05, 3.63) is 23.8 Å². The van der Waals surface area contributed by atoms with Gasteiger partial charge in [-0.3, -0.25) is 4.79 Å². The maximum absolute atomic E-state index is 12.4. The zero-order valence-electron chi connectivity index (χ0n) is 17.0. The number of carbonyl (C=O) groups excluding carboxylic acids is 1. The molecule has 6 nitrogen and oxygen atoms in total. The Balaban J connectivity index is 1.38. The van der Waals surface area contributed by atoms with E-state index in [9.17, 15) is 13.2 Å². The molecule has 2 fully saturated rings. The standard InChI is InChI=1S/C22H31NO5S/c24-21(9-14-29(25,26)18-5-1-2-6-18)23-16-22(10-3-4-11-22)17-7-8-19-20(15-17)28-13-12-27-19/h7-8,15,18H,1-6,9-14,16H2,(H,23,24). The molecule has 7 heteroatoms. The third kappa shape index (κ3) is 4.55. The second-order valence-corrected chi connectivity index (χ2v) is 11.0. The fraction of sp³-hybridized carbons (Fsp3) is 0.682. The fourth-order valence-electron chi connectivity index (χ4n) is 5.00. The van der Waals surface area contributed by atoms with E-state index in [0.717, 1.165) is 68.4 Å². The normalized spacial score (nSPS) is 21.2. The molecule has 1 aliphatic heterocycles. The zero-order valence-corrected chi connectivity index (χ0v) is 17.8. The second-order valence-electron chi connectivity index (χ2n) is 8.65. The van der Waals surface area contributed by atoms with E-state index in [-0.39, 0.29) is 28.7 Å². The summed E-state index contributed by atoms with van der Waals surface area (Å²) in [6, 6.07) is 6.09. The summed E-state index contributed by atoms with van der Waals surface area (Å²) in [6.07, 6.45) is 7.77. The van der Waals surface area contributed by atoms with Gasteiger partial charge in [0.1, 0.15) is 13.2 Å². The molecule has 1 amide bonds. The summed E-state index contributed by atoms with van der Waals surface area (Å²) in [7, 11) is -3.16. The highest BCUT2D eigenvalue weighted by molar-refractivity contribution is 7.92. The molecule has 0 aromatic heterocycles. The summed E-state index contributed by atoms with van der Waals surface area (Å²) in [6.45, 7) is 1.65. The minimum atomic E-state index is -3.16. The topological polar surface area (TPSA) is 81.7 Å². The van der Waals surface area contributed by atoms with Crippen LogP contribution in [0.5, 0.6) is 11.5 Å². The van der Waals surface area contributed by atoms with E-state index in [0.29, 0.717) is 19.8 Å². The molecule has 0 unspecified atom stereocenters. The van der Waals surface area contributed by atoms with Crippen LogP contribution in [0.4, 0.5) is 0 Å². The lowest BCUT2D eigenvalue weighted by Gasteiger charge is -2.31. The van der Waals surface area contributed by atoms with Gasteiger partial charge in [-0.15, -0.1) is 0 Å². The minimum Gasteiger partial charge on any atom is -0.486 e. The number of fused-ring (bicyclic) bond motifs is 1. The molecule has 0 atom stereocenters. The quantitative estimate of drug-likeness (QED) is 0.731. The van der Waals surface area contributed by atoms with Crippen molar-refractivity contribution >= 4 is 15.7 Å². The molecule has 0 bridgehead atoms. The Bertz CT molecular complexity index is 839. The van der Waals surface area contributed by atoms with Crippen LogP contribution in [-0.4, -0.2) is 45.1 Å². The van der Waals surface area contributed by atoms with E-state index in [2.05, 4.69) is 17.4 Å². The number of nitrogens with one attached hydrogen (secondary N) is 1. The van der Waals surface area contributed by atoms with Crippen molar-refractivity contribution in [3.63, 3.8) is 0 Å². The third-order valence-electron chi connectivity index (χ3n) is 6.76. The Hall–Kier alpha value is -1.76. The van der Waals surface area contributed by atoms with Crippen LogP contribution in [-0.2, 0) is 20.0 Å². The number of hydrogen-bond donors (Lipinski definition) is 1. The molecule has 0 saturated heterocycles. The van der Waals surface area contributed by atoms with Crippen molar-refractivity contribution in [2.75, 3.05) is 25.5 Å². The first-order chi connectivity index (χ1) is 14.0. The van der Waals surface area contributed by atoms with Crippen molar-refractivity contribution in [3.8, 4) is 11.5 Å². The van der Waals surface area contributed by atoms with Crippen LogP contribution in [0.15, 0.2) is 18.2 Å². The number of sulfone groups is 1. The zero-order chi connectivity index (χ0) is 20.3. The number of amides is 1.